The summed E-state index contributed by atoms with van der Waals surface area (Å²) in [4.78, 5) is 23.0. The average Bonchev–Trinajstić information content (AvgIpc) is 3.25. The van der Waals surface area contributed by atoms with Crippen LogP contribution >= 0.6 is 11.6 Å². The van der Waals surface area contributed by atoms with Gasteiger partial charge in [-0.1, -0.05) is 28.9 Å². The predicted molar refractivity (Wildman–Crippen MR) is 82.0 cm³/mol. The number of rotatable bonds is 6. The van der Waals surface area contributed by atoms with Crippen LogP contribution in [-0.2, 0) is 11.3 Å². The van der Waals surface area contributed by atoms with Crippen molar-refractivity contribution in [1.82, 2.24) is 20.3 Å². The Kier molecular flexibility index (Phi) is 4.29. The van der Waals surface area contributed by atoms with Gasteiger partial charge in [-0.15, -0.1) is 5.10 Å². The van der Waals surface area contributed by atoms with Gasteiger partial charge in [-0.05, 0) is 36.5 Å². The Hall–Kier alpha value is -2.41. The molecular formula is C15H15ClN4O3. The smallest absolute Gasteiger partial charge is 0.358 e. The number of hydrogen-bond donors (Lipinski definition) is 2. The third-order valence-corrected chi connectivity index (χ3v) is 3.95. The third kappa shape index (κ3) is 3.87. The lowest BCUT2D eigenvalue weighted by Gasteiger charge is -2.19. The predicted octanol–water partition coefficient (Wildman–Crippen LogP) is 1.90. The van der Waals surface area contributed by atoms with E-state index in [1.165, 1.54) is 10.9 Å². The van der Waals surface area contributed by atoms with E-state index in [4.69, 9.17) is 16.7 Å². The van der Waals surface area contributed by atoms with E-state index in [0.29, 0.717) is 10.9 Å². The second-order valence-electron chi connectivity index (χ2n) is 5.54. The standard InChI is InChI=1S/C15H15ClN4O3/c16-11-5-3-10(4-6-11)14(9-1-2-9)17-13(21)8-20-7-12(15(22)23)18-19-20/h3-7,9,14H,1-2,8H2,(H,17,21)(H,22,23). The molecule has 1 atom stereocenters. The molecule has 0 radical (unpaired) electrons. The van der Waals surface area contributed by atoms with Crippen LogP contribution in [0.2, 0.25) is 5.02 Å². The van der Waals surface area contributed by atoms with Crippen molar-refractivity contribution < 1.29 is 14.7 Å². The zero-order valence-corrected chi connectivity index (χ0v) is 12.9. The molecule has 1 saturated carbocycles. The first kappa shape index (κ1) is 15.5. The van der Waals surface area contributed by atoms with E-state index in [1.807, 2.05) is 12.1 Å². The summed E-state index contributed by atoms with van der Waals surface area (Å²) in [7, 11) is 0. The van der Waals surface area contributed by atoms with Gasteiger partial charge in [0.05, 0.1) is 12.2 Å². The second kappa shape index (κ2) is 6.37. The molecule has 0 saturated heterocycles. The molecule has 8 heteroatoms. The van der Waals surface area contributed by atoms with E-state index in [0.717, 1.165) is 18.4 Å². The summed E-state index contributed by atoms with van der Waals surface area (Å²) in [5, 5.41) is 19.6. The fraction of sp³-hybridized carbons (Fsp3) is 0.333. The van der Waals surface area contributed by atoms with Gasteiger partial charge in [-0.25, -0.2) is 9.48 Å². The molecule has 3 rings (SSSR count). The van der Waals surface area contributed by atoms with Crippen LogP contribution in [0.15, 0.2) is 30.5 Å². The van der Waals surface area contributed by atoms with Crippen LogP contribution in [0.5, 0.6) is 0 Å². The molecule has 1 unspecified atom stereocenters. The average molecular weight is 335 g/mol. The van der Waals surface area contributed by atoms with Crippen LogP contribution in [0.1, 0.15) is 34.9 Å². The Morgan fingerprint density at radius 3 is 2.61 bits per heavy atom. The molecule has 2 aromatic rings. The highest BCUT2D eigenvalue weighted by Gasteiger charge is 2.33. The molecule has 0 spiro atoms. The van der Waals surface area contributed by atoms with Crippen LogP contribution in [0.3, 0.4) is 0 Å². The number of nitrogens with one attached hydrogen (secondary N) is 1. The van der Waals surface area contributed by atoms with Crippen LogP contribution < -0.4 is 5.32 Å². The number of benzene rings is 1. The molecule has 1 aromatic carbocycles. The first-order chi connectivity index (χ1) is 11.0. The summed E-state index contributed by atoms with van der Waals surface area (Å²) in [6.45, 7) is -0.0723. The molecule has 1 aromatic heterocycles. The van der Waals surface area contributed by atoms with Crippen molar-refractivity contribution in [2.24, 2.45) is 5.92 Å². The Bertz CT molecular complexity index is 725. The molecule has 7 nitrogen and oxygen atoms in total. The summed E-state index contributed by atoms with van der Waals surface area (Å²) in [5.41, 5.74) is 0.823. The van der Waals surface area contributed by atoms with E-state index in [2.05, 4.69) is 15.6 Å². The van der Waals surface area contributed by atoms with Gasteiger partial charge in [0, 0.05) is 5.02 Å². The number of nitrogens with zero attached hydrogens (tertiary/aromatic N) is 3. The fourth-order valence-corrected chi connectivity index (χ4v) is 2.54. The number of carboxylic acid groups (broad SMARTS) is 1. The van der Waals surface area contributed by atoms with Crippen molar-refractivity contribution >= 4 is 23.5 Å². The van der Waals surface area contributed by atoms with E-state index in [-0.39, 0.29) is 24.2 Å². The van der Waals surface area contributed by atoms with Gasteiger partial charge in [-0.3, -0.25) is 4.79 Å². The van der Waals surface area contributed by atoms with Gasteiger partial charge >= 0.3 is 5.97 Å². The van der Waals surface area contributed by atoms with Crippen molar-refractivity contribution in [3.05, 3.63) is 46.7 Å². The monoisotopic (exact) mass is 334 g/mol. The van der Waals surface area contributed by atoms with Crippen LogP contribution in [0.25, 0.3) is 0 Å². The van der Waals surface area contributed by atoms with Crippen molar-refractivity contribution in [2.45, 2.75) is 25.4 Å². The quantitative estimate of drug-likeness (QED) is 0.841. The zero-order chi connectivity index (χ0) is 16.4. The molecular weight excluding hydrogens is 320 g/mol. The van der Waals surface area contributed by atoms with Gasteiger partial charge < -0.3 is 10.4 Å². The minimum Gasteiger partial charge on any atom is -0.476 e. The molecule has 2 N–H and O–H groups in total. The Balaban J connectivity index is 1.66. The number of amides is 1. The summed E-state index contributed by atoms with van der Waals surface area (Å²) < 4.78 is 1.21. The van der Waals surface area contributed by atoms with E-state index in [9.17, 15) is 9.59 Å². The molecule has 120 valence electrons. The maximum Gasteiger partial charge on any atom is 0.358 e. The third-order valence-electron chi connectivity index (χ3n) is 3.70. The maximum absolute atomic E-state index is 12.2. The largest absolute Gasteiger partial charge is 0.476 e. The molecule has 1 heterocycles. The van der Waals surface area contributed by atoms with E-state index in [1.54, 1.807) is 12.1 Å². The van der Waals surface area contributed by atoms with Gasteiger partial charge in [0.15, 0.2) is 5.69 Å². The number of hydrogen-bond acceptors (Lipinski definition) is 4. The molecule has 1 fully saturated rings. The van der Waals surface area contributed by atoms with E-state index < -0.39 is 5.97 Å². The number of carbonyl (C=O) groups is 2. The van der Waals surface area contributed by atoms with Gasteiger partial charge in [0.1, 0.15) is 6.54 Å². The number of carbonyl (C=O) groups excluding carboxylic acids is 1. The SMILES string of the molecule is O=C(Cn1cc(C(=O)O)nn1)NC(c1ccc(Cl)cc1)C1CC1. The first-order valence-electron chi connectivity index (χ1n) is 7.21. The van der Waals surface area contributed by atoms with Crippen molar-refractivity contribution in [1.29, 1.82) is 0 Å². The zero-order valence-electron chi connectivity index (χ0n) is 12.1. The molecule has 23 heavy (non-hydrogen) atoms. The normalized spacial score (nSPS) is 15.2. The topological polar surface area (TPSA) is 97.1 Å². The Labute approximate surface area is 137 Å². The lowest BCUT2D eigenvalue weighted by molar-refractivity contribution is -0.122. The minimum absolute atomic E-state index is 0.0674. The number of carboxylic acids is 1. The van der Waals surface area contributed by atoms with Gasteiger partial charge in [0.25, 0.3) is 0 Å². The molecule has 0 aliphatic heterocycles. The first-order valence-corrected chi connectivity index (χ1v) is 7.59. The van der Waals surface area contributed by atoms with Crippen LogP contribution in [0, 0.1) is 5.92 Å². The lowest BCUT2D eigenvalue weighted by Crippen LogP contribution is -2.32. The Morgan fingerprint density at radius 1 is 1.35 bits per heavy atom. The maximum atomic E-state index is 12.2. The molecule has 1 aliphatic rings. The van der Waals surface area contributed by atoms with Crippen molar-refractivity contribution in [3.8, 4) is 0 Å². The summed E-state index contributed by atoms with van der Waals surface area (Å²) in [6.07, 6.45) is 3.37. The highest BCUT2D eigenvalue weighted by Crippen LogP contribution is 2.41. The number of aromatic nitrogens is 3. The molecule has 1 aliphatic carbocycles. The highest BCUT2D eigenvalue weighted by molar-refractivity contribution is 6.30. The summed E-state index contributed by atoms with van der Waals surface area (Å²) in [6, 6.07) is 7.35. The van der Waals surface area contributed by atoms with Crippen LogP contribution in [-0.4, -0.2) is 32.0 Å². The van der Waals surface area contributed by atoms with E-state index >= 15 is 0 Å². The number of aromatic carboxylic acids is 1. The summed E-state index contributed by atoms with van der Waals surface area (Å²) >= 11 is 5.90. The van der Waals surface area contributed by atoms with Crippen molar-refractivity contribution in [3.63, 3.8) is 0 Å². The summed E-state index contributed by atoms with van der Waals surface area (Å²) in [5.74, 6) is -0.988. The molecule has 1 amide bonds. The second-order valence-corrected chi connectivity index (χ2v) is 5.98. The van der Waals surface area contributed by atoms with Crippen molar-refractivity contribution in [2.75, 3.05) is 0 Å². The minimum atomic E-state index is -1.17. The number of halogens is 1. The Morgan fingerprint density at radius 2 is 2.04 bits per heavy atom. The lowest BCUT2D eigenvalue weighted by atomic mass is 10.0. The van der Waals surface area contributed by atoms with Gasteiger partial charge in [-0.2, -0.15) is 0 Å². The highest BCUT2D eigenvalue weighted by atomic mass is 35.5. The van der Waals surface area contributed by atoms with Gasteiger partial charge in [0.2, 0.25) is 5.91 Å². The molecule has 0 bridgehead atoms. The van der Waals surface area contributed by atoms with Crippen LogP contribution in [0.4, 0.5) is 0 Å². The fourth-order valence-electron chi connectivity index (χ4n) is 2.41.